The summed E-state index contributed by atoms with van der Waals surface area (Å²) >= 11 is 0. The first-order valence-electron chi connectivity index (χ1n) is 8.37. The fourth-order valence-corrected chi connectivity index (χ4v) is 3.45. The third-order valence-electron chi connectivity index (χ3n) is 4.77. The van der Waals surface area contributed by atoms with Gasteiger partial charge < -0.3 is 10.6 Å². The number of fused-ring (bicyclic) bond motifs is 1. The Kier molecular flexibility index (Phi) is 3.79. The van der Waals surface area contributed by atoms with E-state index in [1.54, 1.807) is 0 Å². The largest absolute Gasteiger partial charge is 0.326 e. The molecule has 0 aliphatic carbocycles. The number of nitrogens with two attached hydrogens (primary N) is 1. The van der Waals surface area contributed by atoms with E-state index in [-0.39, 0.29) is 6.04 Å². The molecule has 2 heterocycles. The van der Waals surface area contributed by atoms with Gasteiger partial charge in [-0.1, -0.05) is 54.6 Å². The molecule has 0 radical (unpaired) electrons. The van der Waals surface area contributed by atoms with Crippen molar-refractivity contribution in [1.82, 2.24) is 4.98 Å². The summed E-state index contributed by atoms with van der Waals surface area (Å²) in [5.74, 6) is 1.00. The lowest BCUT2D eigenvalue weighted by Gasteiger charge is -2.21. The molecule has 1 aromatic heterocycles. The van der Waals surface area contributed by atoms with E-state index in [1.807, 2.05) is 25.1 Å². The van der Waals surface area contributed by atoms with E-state index < -0.39 is 0 Å². The number of pyridine rings is 1. The van der Waals surface area contributed by atoms with Crippen molar-refractivity contribution in [2.75, 3.05) is 11.4 Å². The Morgan fingerprint density at radius 2 is 1.71 bits per heavy atom. The summed E-state index contributed by atoms with van der Waals surface area (Å²) < 4.78 is 0. The van der Waals surface area contributed by atoms with Gasteiger partial charge in [-0.2, -0.15) is 0 Å². The van der Waals surface area contributed by atoms with Gasteiger partial charge >= 0.3 is 0 Å². The number of aryl methyl sites for hydroxylation is 1. The molecule has 0 bridgehead atoms. The third kappa shape index (κ3) is 2.57. The van der Waals surface area contributed by atoms with E-state index in [4.69, 9.17) is 10.7 Å². The van der Waals surface area contributed by atoms with Gasteiger partial charge in [0, 0.05) is 17.9 Å². The van der Waals surface area contributed by atoms with Crippen molar-refractivity contribution >= 4 is 11.5 Å². The summed E-state index contributed by atoms with van der Waals surface area (Å²) in [7, 11) is 0. The first-order chi connectivity index (χ1) is 11.7. The number of benzene rings is 2. The quantitative estimate of drug-likeness (QED) is 0.790. The number of aromatic nitrogens is 1. The SMILES string of the molecule is Cc1nc(N2CCc3ccccc32)ccc1[C@@H](N)c1ccccc1. The topological polar surface area (TPSA) is 42.2 Å². The van der Waals surface area contributed by atoms with Crippen LogP contribution in [0.1, 0.15) is 28.4 Å². The molecule has 24 heavy (non-hydrogen) atoms. The molecule has 4 rings (SSSR count). The molecule has 0 saturated heterocycles. The van der Waals surface area contributed by atoms with E-state index in [9.17, 15) is 0 Å². The van der Waals surface area contributed by atoms with Crippen molar-refractivity contribution in [2.24, 2.45) is 5.73 Å². The highest BCUT2D eigenvalue weighted by Gasteiger charge is 2.21. The van der Waals surface area contributed by atoms with Crippen LogP contribution in [0.5, 0.6) is 0 Å². The summed E-state index contributed by atoms with van der Waals surface area (Å²) in [5, 5.41) is 0. The summed E-state index contributed by atoms with van der Waals surface area (Å²) in [6, 6.07) is 22.8. The molecule has 2 N–H and O–H groups in total. The fourth-order valence-electron chi connectivity index (χ4n) is 3.45. The van der Waals surface area contributed by atoms with Crippen molar-refractivity contribution in [3.63, 3.8) is 0 Å². The molecule has 3 heteroatoms. The van der Waals surface area contributed by atoms with Crippen LogP contribution in [0.15, 0.2) is 66.7 Å². The minimum absolute atomic E-state index is 0.140. The summed E-state index contributed by atoms with van der Waals surface area (Å²) in [5.41, 5.74) is 12.3. The average Bonchev–Trinajstić information content (AvgIpc) is 3.06. The molecule has 0 spiro atoms. The average molecular weight is 315 g/mol. The fraction of sp³-hybridized carbons (Fsp3) is 0.190. The first-order valence-corrected chi connectivity index (χ1v) is 8.37. The van der Waals surface area contributed by atoms with E-state index in [0.717, 1.165) is 35.6 Å². The van der Waals surface area contributed by atoms with Gasteiger partial charge in [0.2, 0.25) is 0 Å². The molecule has 0 fully saturated rings. The van der Waals surface area contributed by atoms with Crippen LogP contribution in [0.3, 0.4) is 0 Å². The van der Waals surface area contributed by atoms with Crippen LogP contribution in [0.4, 0.5) is 11.5 Å². The maximum Gasteiger partial charge on any atom is 0.133 e. The second-order valence-corrected chi connectivity index (χ2v) is 6.26. The number of nitrogens with zero attached hydrogens (tertiary/aromatic N) is 2. The molecule has 1 aliphatic heterocycles. The van der Waals surface area contributed by atoms with E-state index in [2.05, 4.69) is 53.4 Å². The molecular weight excluding hydrogens is 294 g/mol. The summed E-state index contributed by atoms with van der Waals surface area (Å²) in [4.78, 5) is 7.14. The molecule has 3 nitrogen and oxygen atoms in total. The number of hydrogen-bond donors (Lipinski definition) is 1. The molecule has 2 aromatic carbocycles. The zero-order valence-corrected chi connectivity index (χ0v) is 13.8. The van der Waals surface area contributed by atoms with Crippen LogP contribution >= 0.6 is 0 Å². The molecule has 120 valence electrons. The van der Waals surface area contributed by atoms with Crippen LogP contribution < -0.4 is 10.6 Å². The molecule has 1 aliphatic rings. The second kappa shape index (κ2) is 6.10. The van der Waals surface area contributed by atoms with Gasteiger partial charge in [0.25, 0.3) is 0 Å². The lowest BCUT2D eigenvalue weighted by molar-refractivity contribution is 0.844. The Morgan fingerprint density at radius 3 is 2.50 bits per heavy atom. The van der Waals surface area contributed by atoms with Crippen molar-refractivity contribution in [3.05, 3.63) is 89.1 Å². The zero-order chi connectivity index (χ0) is 16.5. The number of hydrogen-bond acceptors (Lipinski definition) is 3. The predicted molar refractivity (Wildman–Crippen MR) is 98.6 cm³/mol. The van der Waals surface area contributed by atoms with Gasteiger partial charge in [-0.05, 0) is 42.2 Å². The van der Waals surface area contributed by atoms with Gasteiger partial charge in [-0.15, -0.1) is 0 Å². The van der Waals surface area contributed by atoms with Gasteiger partial charge in [0.15, 0.2) is 0 Å². The molecule has 0 unspecified atom stereocenters. The first kappa shape index (κ1) is 14.9. The lowest BCUT2D eigenvalue weighted by Crippen LogP contribution is -2.18. The number of para-hydroxylation sites is 1. The van der Waals surface area contributed by atoms with Crippen molar-refractivity contribution in [1.29, 1.82) is 0 Å². The normalized spacial score (nSPS) is 14.5. The van der Waals surface area contributed by atoms with Crippen molar-refractivity contribution in [3.8, 4) is 0 Å². The van der Waals surface area contributed by atoms with Crippen LogP contribution in [0.2, 0.25) is 0 Å². The Bertz CT molecular complexity index is 858. The van der Waals surface area contributed by atoms with E-state index in [0.29, 0.717) is 0 Å². The molecule has 1 atom stereocenters. The van der Waals surface area contributed by atoms with Crippen LogP contribution in [-0.4, -0.2) is 11.5 Å². The molecule has 0 saturated carbocycles. The Labute approximate surface area is 142 Å². The maximum atomic E-state index is 6.44. The Balaban J connectivity index is 1.66. The van der Waals surface area contributed by atoms with Crippen LogP contribution in [-0.2, 0) is 6.42 Å². The van der Waals surface area contributed by atoms with Crippen LogP contribution in [0, 0.1) is 6.92 Å². The van der Waals surface area contributed by atoms with E-state index >= 15 is 0 Å². The highest BCUT2D eigenvalue weighted by Crippen LogP contribution is 2.34. The van der Waals surface area contributed by atoms with Crippen LogP contribution in [0.25, 0.3) is 0 Å². The van der Waals surface area contributed by atoms with E-state index in [1.165, 1.54) is 11.3 Å². The van der Waals surface area contributed by atoms with Gasteiger partial charge in [0.05, 0.1) is 6.04 Å². The summed E-state index contributed by atoms with van der Waals surface area (Å²) in [6.07, 6.45) is 1.07. The second-order valence-electron chi connectivity index (χ2n) is 6.26. The lowest BCUT2D eigenvalue weighted by atomic mass is 9.98. The minimum atomic E-state index is -0.140. The maximum absolute atomic E-state index is 6.44. The molecule has 0 amide bonds. The smallest absolute Gasteiger partial charge is 0.133 e. The molecular formula is C21H21N3. The number of anilines is 2. The Morgan fingerprint density at radius 1 is 0.958 bits per heavy atom. The van der Waals surface area contributed by atoms with Gasteiger partial charge in [-0.25, -0.2) is 4.98 Å². The van der Waals surface area contributed by atoms with Gasteiger partial charge in [0.1, 0.15) is 5.82 Å². The number of rotatable bonds is 3. The Hall–Kier alpha value is -2.65. The predicted octanol–water partition coefficient (Wildman–Crippen LogP) is 4.13. The summed E-state index contributed by atoms with van der Waals surface area (Å²) in [6.45, 7) is 3.03. The standard InChI is InChI=1S/C21H21N3/c1-15-18(21(22)17-8-3-2-4-9-17)11-12-20(23-15)24-14-13-16-7-5-6-10-19(16)24/h2-12,21H,13-14,22H2,1H3/t21-/m0/s1. The minimum Gasteiger partial charge on any atom is -0.326 e. The van der Waals surface area contributed by atoms with Gasteiger partial charge in [-0.3, -0.25) is 0 Å². The highest BCUT2D eigenvalue weighted by molar-refractivity contribution is 5.67. The van der Waals surface area contributed by atoms with Crippen molar-refractivity contribution < 1.29 is 0 Å². The zero-order valence-electron chi connectivity index (χ0n) is 13.8. The third-order valence-corrected chi connectivity index (χ3v) is 4.77. The molecule has 3 aromatic rings. The monoisotopic (exact) mass is 315 g/mol. The van der Waals surface area contributed by atoms with Crippen molar-refractivity contribution in [2.45, 2.75) is 19.4 Å². The highest BCUT2D eigenvalue weighted by atomic mass is 15.2.